The molecule has 3 rings (SSSR count). The third kappa shape index (κ3) is 5.32. The van der Waals surface area contributed by atoms with Crippen LogP contribution in [0.15, 0.2) is 59.5 Å². The lowest BCUT2D eigenvalue weighted by Gasteiger charge is -2.11. The lowest BCUT2D eigenvalue weighted by Crippen LogP contribution is -2.12. The first kappa shape index (κ1) is 20.3. The molecule has 1 heterocycles. The first-order valence-electron chi connectivity index (χ1n) is 8.61. The average Bonchev–Trinajstić information content (AvgIpc) is 2.63. The molecular formula is C19H20IN5O2S. The fourth-order valence-corrected chi connectivity index (χ4v) is 3.89. The van der Waals surface area contributed by atoms with Gasteiger partial charge in [-0.1, -0.05) is 0 Å². The summed E-state index contributed by atoms with van der Waals surface area (Å²) in [6, 6.07) is 15.5. The molecule has 1 aromatic heterocycles. The maximum Gasteiger partial charge on any atom is 0.261 e. The van der Waals surface area contributed by atoms with Crippen molar-refractivity contribution in [1.82, 2.24) is 9.97 Å². The highest BCUT2D eigenvalue weighted by atomic mass is 127. The van der Waals surface area contributed by atoms with Crippen molar-refractivity contribution >= 4 is 55.8 Å². The molecule has 9 heteroatoms. The van der Waals surface area contributed by atoms with Gasteiger partial charge in [0.05, 0.1) is 4.90 Å². The molecule has 0 unspecified atom stereocenters. The van der Waals surface area contributed by atoms with E-state index in [0.717, 1.165) is 27.3 Å². The average molecular weight is 509 g/mol. The van der Waals surface area contributed by atoms with Crippen LogP contribution in [0.3, 0.4) is 0 Å². The number of rotatable bonds is 7. The van der Waals surface area contributed by atoms with Crippen molar-refractivity contribution in [2.45, 2.75) is 18.7 Å². The summed E-state index contributed by atoms with van der Waals surface area (Å²) < 4.78 is 28.5. The van der Waals surface area contributed by atoms with Crippen molar-refractivity contribution in [1.29, 1.82) is 0 Å². The molecule has 0 aliphatic carbocycles. The zero-order chi connectivity index (χ0) is 20.1. The Morgan fingerprint density at radius 1 is 0.964 bits per heavy atom. The van der Waals surface area contributed by atoms with E-state index in [1.54, 1.807) is 48.5 Å². The van der Waals surface area contributed by atoms with Crippen LogP contribution in [0.25, 0.3) is 0 Å². The summed E-state index contributed by atoms with van der Waals surface area (Å²) in [5.41, 5.74) is 2.07. The van der Waals surface area contributed by atoms with E-state index in [1.165, 1.54) is 0 Å². The van der Waals surface area contributed by atoms with Gasteiger partial charge >= 0.3 is 0 Å². The number of nitrogens with zero attached hydrogens (tertiary/aromatic N) is 2. The predicted molar refractivity (Wildman–Crippen MR) is 121 cm³/mol. The molecule has 0 amide bonds. The van der Waals surface area contributed by atoms with E-state index >= 15 is 0 Å². The monoisotopic (exact) mass is 509 g/mol. The van der Waals surface area contributed by atoms with Gasteiger partial charge in [-0.25, -0.2) is 13.4 Å². The van der Waals surface area contributed by atoms with Crippen LogP contribution < -0.4 is 15.4 Å². The Kier molecular flexibility index (Phi) is 6.35. The Bertz CT molecular complexity index is 1050. The first-order chi connectivity index (χ1) is 13.4. The van der Waals surface area contributed by atoms with E-state index < -0.39 is 10.0 Å². The standard InChI is InChI=1S/C19H20IN5O2S/c1-3-21-18-12-13(2)22-19(24-18)23-15-6-8-16(9-7-15)25-28(26,27)17-10-4-14(20)5-11-17/h4-12,25H,3H2,1-2H3,(H2,21,22,23,24). The minimum absolute atomic E-state index is 0.222. The van der Waals surface area contributed by atoms with Gasteiger partial charge in [0.15, 0.2) is 0 Å². The van der Waals surface area contributed by atoms with E-state index in [-0.39, 0.29) is 4.90 Å². The summed E-state index contributed by atoms with van der Waals surface area (Å²) in [4.78, 5) is 8.99. The van der Waals surface area contributed by atoms with Crippen LogP contribution >= 0.6 is 22.6 Å². The first-order valence-corrected chi connectivity index (χ1v) is 11.2. The summed E-state index contributed by atoms with van der Waals surface area (Å²) in [6.07, 6.45) is 0. The molecule has 0 aliphatic rings. The SMILES string of the molecule is CCNc1cc(C)nc(Nc2ccc(NS(=O)(=O)c3ccc(I)cc3)cc2)n1. The Labute approximate surface area is 178 Å². The molecule has 28 heavy (non-hydrogen) atoms. The molecule has 2 aromatic carbocycles. The highest BCUT2D eigenvalue weighted by Gasteiger charge is 2.14. The second-order valence-electron chi connectivity index (χ2n) is 6.01. The van der Waals surface area contributed by atoms with E-state index in [0.29, 0.717) is 11.6 Å². The second-order valence-corrected chi connectivity index (χ2v) is 8.94. The van der Waals surface area contributed by atoms with E-state index in [1.807, 2.05) is 19.9 Å². The van der Waals surface area contributed by atoms with Crippen molar-refractivity contribution in [3.05, 3.63) is 63.9 Å². The van der Waals surface area contributed by atoms with Crippen molar-refractivity contribution in [2.24, 2.45) is 0 Å². The Hall–Kier alpha value is -2.40. The fraction of sp³-hybridized carbons (Fsp3) is 0.158. The lowest BCUT2D eigenvalue weighted by atomic mass is 10.3. The second kappa shape index (κ2) is 8.74. The zero-order valence-electron chi connectivity index (χ0n) is 15.4. The smallest absolute Gasteiger partial charge is 0.261 e. The van der Waals surface area contributed by atoms with Crippen LogP contribution in [0.1, 0.15) is 12.6 Å². The maximum atomic E-state index is 12.5. The normalized spacial score (nSPS) is 11.1. The quantitative estimate of drug-likeness (QED) is 0.410. The van der Waals surface area contributed by atoms with Crippen LogP contribution in [0.2, 0.25) is 0 Å². The molecule has 0 radical (unpaired) electrons. The third-order valence-corrected chi connectivity index (χ3v) is 5.85. The number of anilines is 4. The van der Waals surface area contributed by atoms with Crippen molar-refractivity contribution in [3.63, 3.8) is 0 Å². The van der Waals surface area contributed by atoms with Crippen LogP contribution in [-0.2, 0) is 10.0 Å². The molecule has 7 nitrogen and oxygen atoms in total. The molecule has 0 atom stereocenters. The summed E-state index contributed by atoms with van der Waals surface area (Å²) >= 11 is 2.13. The Morgan fingerprint density at radius 2 is 1.61 bits per heavy atom. The fourth-order valence-electron chi connectivity index (χ4n) is 2.47. The van der Waals surface area contributed by atoms with Gasteiger partial charge in [-0.15, -0.1) is 0 Å². The molecule has 3 aromatic rings. The predicted octanol–water partition coefficient (Wildman–Crippen LogP) is 4.37. The Morgan fingerprint density at radius 3 is 2.25 bits per heavy atom. The zero-order valence-corrected chi connectivity index (χ0v) is 18.4. The Balaban J connectivity index is 1.72. The minimum atomic E-state index is -3.63. The number of halogens is 1. The van der Waals surface area contributed by atoms with Gasteiger partial charge in [0, 0.05) is 33.3 Å². The van der Waals surface area contributed by atoms with Crippen LogP contribution in [-0.4, -0.2) is 24.9 Å². The van der Waals surface area contributed by atoms with E-state index in [4.69, 9.17) is 0 Å². The molecule has 0 bridgehead atoms. The summed E-state index contributed by atoms with van der Waals surface area (Å²) in [7, 11) is -3.63. The molecule has 0 spiro atoms. The number of hydrogen-bond acceptors (Lipinski definition) is 6. The van der Waals surface area contributed by atoms with Crippen molar-refractivity contribution in [2.75, 3.05) is 21.9 Å². The van der Waals surface area contributed by atoms with E-state index in [9.17, 15) is 8.42 Å². The highest BCUT2D eigenvalue weighted by molar-refractivity contribution is 14.1. The molecule has 0 aliphatic heterocycles. The van der Waals surface area contributed by atoms with Crippen LogP contribution in [0.4, 0.5) is 23.1 Å². The number of benzene rings is 2. The van der Waals surface area contributed by atoms with E-state index in [2.05, 4.69) is 47.9 Å². The molecule has 146 valence electrons. The molecular weight excluding hydrogens is 489 g/mol. The summed E-state index contributed by atoms with van der Waals surface area (Å²) in [5, 5.41) is 6.29. The van der Waals surface area contributed by atoms with Gasteiger partial charge in [-0.3, -0.25) is 4.72 Å². The lowest BCUT2D eigenvalue weighted by molar-refractivity contribution is 0.601. The molecule has 0 fully saturated rings. The van der Waals surface area contributed by atoms with Gasteiger partial charge in [0.1, 0.15) is 5.82 Å². The van der Waals surface area contributed by atoms with Crippen molar-refractivity contribution in [3.8, 4) is 0 Å². The van der Waals surface area contributed by atoms with Gasteiger partial charge in [-0.05, 0) is 85.0 Å². The number of aryl methyl sites for hydroxylation is 1. The molecule has 3 N–H and O–H groups in total. The molecule has 0 saturated carbocycles. The largest absolute Gasteiger partial charge is 0.370 e. The van der Waals surface area contributed by atoms with Crippen LogP contribution in [0.5, 0.6) is 0 Å². The van der Waals surface area contributed by atoms with Gasteiger partial charge in [-0.2, -0.15) is 4.98 Å². The maximum absolute atomic E-state index is 12.5. The number of aromatic nitrogens is 2. The van der Waals surface area contributed by atoms with Gasteiger partial charge in [0.25, 0.3) is 10.0 Å². The molecule has 0 saturated heterocycles. The van der Waals surface area contributed by atoms with Gasteiger partial charge < -0.3 is 10.6 Å². The topological polar surface area (TPSA) is 96.0 Å². The third-order valence-electron chi connectivity index (χ3n) is 3.73. The van der Waals surface area contributed by atoms with Crippen molar-refractivity contribution < 1.29 is 8.42 Å². The van der Waals surface area contributed by atoms with Gasteiger partial charge in [0.2, 0.25) is 5.95 Å². The van der Waals surface area contributed by atoms with Crippen LogP contribution in [0, 0.1) is 10.5 Å². The minimum Gasteiger partial charge on any atom is -0.370 e. The number of hydrogen-bond donors (Lipinski definition) is 3. The summed E-state index contributed by atoms with van der Waals surface area (Å²) in [6.45, 7) is 4.67. The number of sulfonamides is 1. The summed E-state index contributed by atoms with van der Waals surface area (Å²) in [5.74, 6) is 1.22. The number of nitrogens with one attached hydrogen (secondary N) is 3. The highest BCUT2D eigenvalue weighted by Crippen LogP contribution is 2.21.